The Labute approximate surface area is 322 Å². The summed E-state index contributed by atoms with van der Waals surface area (Å²) < 4.78 is 8.82. The molecule has 0 saturated heterocycles. The predicted molar refractivity (Wildman–Crippen MR) is 229 cm³/mol. The van der Waals surface area contributed by atoms with E-state index in [1.54, 1.807) is 0 Å². The van der Waals surface area contributed by atoms with E-state index >= 15 is 0 Å². The molecule has 0 bridgehead atoms. The molecule has 0 amide bonds. The van der Waals surface area contributed by atoms with Gasteiger partial charge in [0.25, 0.3) is 0 Å². The molecule has 0 unspecified atom stereocenters. The standard InChI is InChI=1S/C51H32N4O/c1-4-13-33(14-5-1)49-52-50(34-15-6-2-7-16-34)54-51(53-49)39-23-26-42-44-31-38(25-28-47(44)56-48(42)32-39)36-18-12-17-35(29-36)37-24-27-46-43(30-37)41-21-10-11-22-45(41)55(46)40-19-8-3-9-20-40/h1-32H. The molecular formula is C51H32N4O. The maximum Gasteiger partial charge on any atom is 0.164 e. The van der Waals surface area contributed by atoms with Crippen LogP contribution in [0.5, 0.6) is 0 Å². The second-order valence-corrected chi connectivity index (χ2v) is 14.1. The summed E-state index contributed by atoms with van der Waals surface area (Å²) >= 11 is 0. The van der Waals surface area contributed by atoms with Gasteiger partial charge < -0.3 is 8.98 Å². The zero-order valence-corrected chi connectivity index (χ0v) is 30.2. The fourth-order valence-corrected chi connectivity index (χ4v) is 7.92. The maximum absolute atomic E-state index is 6.47. The molecule has 0 fully saturated rings. The molecule has 0 atom stereocenters. The van der Waals surface area contributed by atoms with Crippen molar-refractivity contribution in [3.05, 3.63) is 194 Å². The van der Waals surface area contributed by atoms with Crippen molar-refractivity contribution in [1.82, 2.24) is 19.5 Å². The molecule has 0 aliphatic heterocycles. The molecule has 3 heterocycles. The summed E-state index contributed by atoms with van der Waals surface area (Å²) in [5.74, 6) is 1.86. The molecule has 262 valence electrons. The highest BCUT2D eigenvalue weighted by molar-refractivity contribution is 6.11. The molecule has 5 heteroatoms. The lowest BCUT2D eigenvalue weighted by atomic mass is 9.97. The van der Waals surface area contributed by atoms with Crippen LogP contribution < -0.4 is 0 Å². The van der Waals surface area contributed by atoms with Crippen molar-refractivity contribution in [2.24, 2.45) is 0 Å². The molecule has 0 N–H and O–H groups in total. The van der Waals surface area contributed by atoms with Gasteiger partial charge in [0.2, 0.25) is 0 Å². The van der Waals surface area contributed by atoms with Crippen molar-refractivity contribution < 1.29 is 4.42 Å². The minimum atomic E-state index is 0.598. The van der Waals surface area contributed by atoms with E-state index in [0.29, 0.717) is 17.5 Å². The highest BCUT2D eigenvalue weighted by atomic mass is 16.3. The lowest BCUT2D eigenvalue weighted by Crippen LogP contribution is -2.00. The van der Waals surface area contributed by atoms with Crippen molar-refractivity contribution in [1.29, 1.82) is 0 Å². The van der Waals surface area contributed by atoms with Gasteiger partial charge in [0.15, 0.2) is 17.5 Å². The van der Waals surface area contributed by atoms with Gasteiger partial charge in [0.1, 0.15) is 11.2 Å². The highest BCUT2D eigenvalue weighted by Gasteiger charge is 2.16. The number of benzene rings is 8. The van der Waals surface area contributed by atoms with Gasteiger partial charge >= 0.3 is 0 Å². The van der Waals surface area contributed by atoms with Crippen molar-refractivity contribution in [3.8, 4) is 62.1 Å². The smallest absolute Gasteiger partial charge is 0.164 e. The fourth-order valence-electron chi connectivity index (χ4n) is 7.92. The third-order valence-corrected chi connectivity index (χ3v) is 10.6. The van der Waals surface area contributed by atoms with Crippen molar-refractivity contribution in [2.45, 2.75) is 0 Å². The number of rotatable bonds is 6. The SMILES string of the molecule is c1ccc(-c2nc(-c3ccccc3)nc(-c3ccc4c(c3)oc3ccc(-c5cccc(-c6ccc7c(c6)c6ccccc6n7-c6ccccc6)c5)cc34)n2)cc1. The lowest BCUT2D eigenvalue weighted by molar-refractivity contribution is 0.669. The number of hydrogen-bond acceptors (Lipinski definition) is 4. The van der Waals surface area contributed by atoms with Crippen LogP contribution in [0.2, 0.25) is 0 Å². The Hall–Kier alpha value is -7.63. The van der Waals surface area contributed by atoms with Gasteiger partial charge in [0, 0.05) is 43.9 Å². The van der Waals surface area contributed by atoms with Crippen LogP contribution in [0.25, 0.3) is 106 Å². The van der Waals surface area contributed by atoms with Gasteiger partial charge in [-0.15, -0.1) is 0 Å². The first-order chi connectivity index (χ1) is 27.7. The average molecular weight is 717 g/mol. The second-order valence-electron chi connectivity index (χ2n) is 14.1. The Morgan fingerprint density at radius 3 is 1.52 bits per heavy atom. The second kappa shape index (κ2) is 13.0. The Kier molecular flexibility index (Phi) is 7.42. The van der Waals surface area contributed by atoms with Crippen molar-refractivity contribution in [2.75, 3.05) is 0 Å². The molecule has 0 saturated carbocycles. The molecule has 0 spiro atoms. The van der Waals surface area contributed by atoms with E-state index in [1.807, 2.05) is 66.7 Å². The minimum absolute atomic E-state index is 0.598. The van der Waals surface area contributed by atoms with E-state index in [-0.39, 0.29) is 0 Å². The third-order valence-electron chi connectivity index (χ3n) is 10.6. The van der Waals surface area contributed by atoms with Gasteiger partial charge in [0.05, 0.1) is 11.0 Å². The molecule has 0 aliphatic rings. The zero-order chi connectivity index (χ0) is 37.0. The van der Waals surface area contributed by atoms with Crippen LogP contribution in [-0.2, 0) is 0 Å². The van der Waals surface area contributed by atoms with Crippen molar-refractivity contribution in [3.63, 3.8) is 0 Å². The van der Waals surface area contributed by atoms with Crippen LogP contribution in [0.3, 0.4) is 0 Å². The summed E-state index contributed by atoms with van der Waals surface area (Å²) in [6, 6.07) is 67.6. The summed E-state index contributed by atoms with van der Waals surface area (Å²) in [7, 11) is 0. The van der Waals surface area contributed by atoms with E-state index in [1.165, 1.54) is 32.9 Å². The number of para-hydroxylation sites is 2. The monoisotopic (exact) mass is 716 g/mol. The summed E-state index contributed by atoms with van der Waals surface area (Å²) in [5, 5.41) is 4.59. The Balaban J connectivity index is 0.967. The fraction of sp³-hybridized carbons (Fsp3) is 0. The van der Waals surface area contributed by atoms with E-state index in [4.69, 9.17) is 19.4 Å². The van der Waals surface area contributed by atoms with Crippen LogP contribution in [-0.4, -0.2) is 19.5 Å². The summed E-state index contributed by atoms with van der Waals surface area (Å²) in [5.41, 5.74) is 12.5. The molecular weight excluding hydrogens is 685 g/mol. The molecule has 11 aromatic rings. The topological polar surface area (TPSA) is 56.7 Å². The van der Waals surface area contributed by atoms with Crippen LogP contribution in [0.15, 0.2) is 199 Å². The summed E-state index contributed by atoms with van der Waals surface area (Å²) in [6.07, 6.45) is 0. The molecule has 0 aliphatic carbocycles. The van der Waals surface area contributed by atoms with Gasteiger partial charge in [-0.1, -0.05) is 133 Å². The first kappa shape index (κ1) is 31.9. The quantitative estimate of drug-likeness (QED) is 0.172. The predicted octanol–water partition coefficient (Wildman–Crippen LogP) is 13.2. The average Bonchev–Trinajstić information content (AvgIpc) is 3.82. The summed E-state index contributed by atoms with van der Waals surface area (Å²) in [4.78, 5) is 14.7. The van der Waals surface area contributed by atoms with Gasteiger partial charge in [-0.3, -0.25) is 0 Å². The first-order valence-corrected chi connectivity index (χ1v) is 18.8. The van der Waals surface area contributed by atoms with Gasteiger partial charge in [-0.05, 0) is 82.9 Å². The lowest BCUT2D eigenvalue weighted by Gasteiger charge is -2.09. The maximum atomic E-state index is 6.47. The molecule has 8 aromatic carbocycles. The van der Waals surface area contributed by atoms with E-state index < -0.39 is 0 Å². The van der Waals surface area contributed by atoms with E-state index in [9.17, 15) is 0 Å². The third kappa shape index (κ3) is 5.45. The Morgan fingerprint density at radius 2 is 0.821 bits per heavy atom. The largest absolute Gasteiger partial charge is 0.456 e. The van der Waals surface area contributed by atoms with Crippen molar-refractivity contribution >= 4 is 43.7 Å². The van der Waals surface area contributed by atoms with Gasteiger partial charge in [-0.25, -0.2) is 15.0 Å². The first-order valence-electron chi connectivity index (χ1n) is 18.8. The molecule has 0 radical (unpaired) electrons. The molecule has 56 heavy (non-hydrogen) atoms. The minimum Gasteiger partial charge on any atom is -0.456 e. The normalized spacial score (nSPS) is 11.6. The highest BCUT2D eigenvalue weighted by Crippen LogP contribution is 2.38. The van der Waals surface area contributed by atoms with Crippen LogP contribution in [0.1, 0.15) is 0 Å². The number of hydrogen-bond donors (Lipinski definition) is 0. The summed E-state index contributed by atoms with van der Waals surface area (Å²) in [6.45, 7) is 0. The number of aromatic nitrogens is 4. The zero-order valence-electron chi connectivity index (χ0n) is 30.2. The Morgan fingerprint density at radius 1 is 0.304 bits per heavy atom. The Bertz CT molecular complexity index is 3180. The van der Waals surface area contributed by atoms with Gasteiger partial charge in [-0.2, -0.15) is 0 Å². The number of furan rings is 1. The molecule has 11 rings (SSSR count). The molecule has 5 nitrogen and oxygen atoms in total. The number of nitrogens with zero attached hydrogens (tertiary/aromatic N) is 4. The molecule has 3 aromatic heterocycles. The van der Waals surface area contributed by atoms with Crippen LogP contribution in [0, 0.1) is 0 Å². The number of fused-ring (bicyclic) bond motifs is 6. The van der Waals surface area contributed by atoms with E-state index in [2.05, 4.69) is 132 Å². The van der Waals surface area contributed by atoms with E-state index in [0.717, 1.165) is 55.4 Å². The van der Waals surface area contributed by atoms with Crippen LogP contribution in [0.4, 0.5) is 0 Å². The van der Waals surface area contributed by atoms with Crippen LogP contribution >= 0.6 is 0 Å².